The van der Waals surface area contributed by atoms with Crippen molar-refractivity contribution in [2.45, 2.75) is 25.8 Å². The van der Waals surface area contributed by atoms with Gasteiger partial charge in [-0.15, -0.1) is 0 Å². The molecular formula is C17H19NO. The second-order valence-electron chi connectivity index (χ2n) is 5.41. The number of hydrogen-bond donors (Lipinski definition) is 1. The van der Waals surface area contributed by atoms with E-state index in [9.17, 15) is 0 Å². The molecular weight excluding hydrogens is 234 g/mol. The van der Waals surface area contributed by atoms with Crippen molar-refractivity contribution in [3.05, 3.63) is 64.7 Å². The minimum atomic E-state index is -0.527. The highest BCUT2D eigenvalue weighted by Crippen LogP contribution is 2.39. The summed E-state index contributed by atoms with van der Waals surface area (Å²) in [6, 6.07) is 14.6. The van der Waals surface area contributed by atoms with Crippen molar-refractivity contribution in [1.29, 1.82) is 0 Å². The highest BCUT2D eigenvalue weighted by molar-refractivity contribution is 5.52. The van der Waals surface area contributed by atoms with Gasteiger partial charge in [0.25, 0.3) is 0 Å². The highest BCUT2D eigenvalue weighted by Gasteiger charge is 2.31. The van der Waals surface area contributed by atoms with E-state index in [0.717, 1.165) is 29.9 Å². The van der Waals surface area contributed by atoms with Crippen LogP contribution in [-0.2, 0) is 12.0 Å². The fourth-order valence-corrected chi connectivity index (χ4v) is 2.92. The monoisotopic (exact) mass is 253 g/mol. The van der Waals surface area contributed by atoms with Crippen molar-refractivity contribution in [2.24, 2.45) is 5.73 Å². The predicted molar refractivity (Wildman–Crippen MR) is 77.5 cm³/mol. The lowest BCUT2D eigenvalue weighted by atomic mass is 9.82. The fourth-order valence-electron chi connectivity index (χ4n) is 2.92. The zero-order chi connectivity index (χ0) is 13.5. The quantitative estimate of drug-likeness (QED) is 0.892. The van der Waals surface area contributed by atoms with E-state index < -0.39 is 5.54 Å². The number of hydrogen-bond acceptors (Lipinski definition) is 2. The molecule has 1 unspecified atom stereocenters. The van der Waals surface area contributed by atoms with E-state index in [1.807, 2.05) is 12.1 Å². The molecule has 0 saturated heterocycles. The number of benzene rings is 2. The van der Waals surface area contributed by atoms with Gasteiger partial charge in [0.1, 0.15) is 5.75 Å². The molecule has 0 amide bonds. The molecule has 2 nitrogen and oxygen atoms in total. The SMILES string of the molecule is Cc1ccccc1C(C)(N)c1cccc2c1OCC2. The van der Waals surface area contributed by atoms with Gasteiger partial charge in [0, 0.05) is 12.0 Å². The van der Waals surface area contributed by atoms with Crippen LogP contribution in [0.2, 0.25) is 0 Å². The fraction of sp³-hybridized carbons (Fsp3) is 0.294. The molecule has 2 heteroatoms. The average molecular weight is 253 g/mol. The van der Waals surface area contributed by atoms with Crippen molar-refractivity contribution < 1.29 is 4.74 Å². The summed E-state index contributed by atoms with van der Waals surface area (Å²) in [6.07, 6.45) is 0.979. The normalized spacial score (nSPS) is 16.6. The zero-order valence-corrected chi connectivity index (χ0v) is 11.4. The first-order valence-corrected chi connectivity index (χ1v) is 6.71. The van der Waals surface area contributed by atoms with Gasteiger partial charge >= 0.3 is 0 Å². The molecule has 0 radical (unpaired) electrons. The first-order chi connectivity index (χ1) is 9.10. The lowest BCUT2D eigenvalue weighted by molar-refractivity contribution is 0.347. The Balaban J connectivity index is 2.16. The molecule has 98 valence electrons. The Labute approximate surface area is 114 Å². The maximum atomic E-state index is 6.65. The van der Waals surface area contributed by atoms with Crippen LogP contribution in [0, 0.1) is 6.92 Å². The molecule has 19 heavy (non-hydrogen) atoms. The number of aryl methyl sites for hydroxylation is 1. The van der Waals surface area contributed by atoms with E-state index in [1.54, 1.807) is 0 Å². The van der Waals surface area contributed by atoms with Crippen LogP contribution < -0.4 is 10.5 Å². The first kappa shape index (κ1) is 12.2. The molecule has 0 aromatic heterocycles. The zero-order valence-electron chi connectivity index (χ0n) is 11.4. The van der Waals surface area contributed by atoms with E-state index in [2.05, 4.69) is 44.2 Å². The smallest absolute Gasteiger partial charge is 0.128 e. The lowest BCUT2D eigenvalue weighted by Crippen LogP contribution is -2.35. The molecule has 1 atom stereocenters. The standard InChI is InChI=1S/C17H19NO/c1-12-6-3-4-8-14(12)17(2,18)15-9-5-7-13-10-11-19-16(13)15/h3-9H,10-11,18H2,1-2H3. The Hall–Kier alpha value is -1.80. The largest absolute Gasteiger partial charge is 0.493 e. The molecule has 1 aliphatic rings. The van der Waals surface area contributed by atoms with Gasteiger partial charge in [0.2, 0.25) is 0 Å². The summed E-state index contributed by atoms with van der Waals surface area (Å²) in [5, 5.41) is 0. The minimum Gasteiger partial charge on any atom is -0.493 e. The van der Waals surface area contributed by atoms with Crippen molar-refractivity contribution >= 4 is 0 Å². The van der Waals surface area contributed by atoms with E-state index >= 15 is 0 Å². The van der Waals surface area contributed by atoms with E-state index in [0.29, 0.717) is 0 Å². The molecule has 2 aromatic carbocycles. The van der Waals surface area contributed by atoms with Gasteiger partial charge in [-0.2, -0.15) is 0 Å². The Morgan fingerprint density at radius 1 is 1.05 bits per heavy atom. The van der Waals surface area contributed by atoms with E-state index in [1.165, 1.54) is 11.1 Å². The Morgan fingerprint density at radius 3 is 2.58 bits per heavy atom. The average Bonchev–Trinajstić information content (AvgIpc) is 2.86. The third kappa shape index (κ3) is 1.92. The molecule has 3 rings (SSSR count). The maximum absolute atomic E-state index is 6.65. The van der Waals surface area contributed by atoms with Crippen LogP contribution in [0.4, 0.5) is 0 Å². The number of ether oxygens (including phenoxy) is 1. The second kappa shape index (κ2) is 4.39. The summed E-state index contributed by atoms with van der Waals surface area (Å²) in [6.45, 7) is 4.92. The topological polar surface area (TPSA) is 35.2 Å². The summed E-state index contributed by atoms with van der Waals surface area (Å²) < 4.78 is 5.80. The summed E-state index contributed by atoms with van der Waals surface area (Å²) >= 11 is 0. The first-order valence-electron chi connectivity index (χ1n) is 6.71. The second-order valence-corrected chi connectivity index (χ2v) is 5.41. The predicted octanol–water partition coefficient (Wildman–Crippen LogP) is 3.15. The molecule has 1 heterocycles. The van der Waals surface area contributed by atoms with Crippen molar-refractivity contribution in [3.8, 4) is 5.75 Å². The maximum Gasteiger partial charge on any atom is 0.128 e. The van der Waals surface area contributed by atoms with Crippen molar-refractivity contribution in [2.75, 3.05) is 6.61 Å². The van der Waals surface area contributed by atoms with E-state index in [4.69, 9.17) is 10.5 Å². The third-order valence-electron chi connectivity index (χ3n) is 3.98. The van der Waals surface area contributed by atoms with Crippen molar-refractivity contribution in [1.82, 2.24) is 0 Å². The summed E-state index contributed by atoms with van der Waals surface area (Å²) in [5.41, 5.74) is 10.8. The molecule has 0 bridgehead atoms. The van der Waals surface area contributed by atoms with Gasteiger partial charge in [-0.1, -0.05) is 42.5 Å². The molecule has 2 N–H and O–H groups in total. The number of para-hydroxylation sites is 1. The van der Waals surface area contributed by atoms with Crippen LogP contribution in [0.25, 0.3) is 0 Å². The van der Waals surface area contributed by atoms with Gasteiger partial charge < -0.3 is 10.5 Å². The summed E-state index contributed by atoms with van der Waals surface area (Å²) in [7, 11) is 0. The molecule has 2 aromatic rings. The third-order valence-corrected chi connectivity index (χ3v) is 3.98. The molecule has 0 spiro atoms. The van der Waals surface area contributed by atoms with Crippen LogP contribution in [0.1, 0.15) is 29.2 Å². The molecule has 0 aliphatic carbocycles. The van der Waals surface area contributed by atoms with Crippen LogP contribution in [0.5, 0.6) is 5.75 Å². The summed E-state index contributed by atoms with van der Waals surface area (Å²) in [4.78, 5) is 0. The van der Waals surface area contributed by atoms with Gasteiger partial charge in [-0.05, 0) is 30.5 Å². The molecule has 1 aliphatic heterocycles. The van der Waals surface area contributed by atoms with Crippen LogP contribution in [0.15, 0.2) is 42.5 Å². The lowest BCUT2D eigenvalue weighted by Gasteiger charge is -2.29. The number of nitrogens with two attached hydrogens (primary N) is 1. The minimum absolute atomic E-state index is 0.527. The van der Waals surface area contributed by atoms with Crippen molar-refractivity contribution in [3.63, 3.8) is 0 Å². The van der Waals surface area contributed by atoms with Gasteiger partial charge in [0.15, 0.2) is 0 Å². The van der Waals surface area contributed by atoms with Gasteiger partial charge in [-0.25, -0.2) is 0 Å². The van der Waals surface area contributed by atoms with Crippen LogP contribution in [-0.4, -0.2) is 6.61 Å². The Kier molecular flexibility index (Phi) is 2.83. The summed E-state index contributed by atoms with van der Waals surface area (Å²) in [5.74, 6) is 0.982. The van der Waals surface area contributed by atoms with Gasteiger partial charge in [-0.3, -0.25) is 0 Å². The Bertz CT molecular complexity index is 616. The van der Waals surface area contributed by atoms with Crippen LogP contribution in [0.3, 0.4) is 0 Å². The number of rotatable bonds is 2. The highest BCUT2D eigenvalue weighted by atomic mass is 16.5. The molecule has 0 fully saturated rings. The Morgan fingerprint density at radius 2 is 1.79 bits per heavy atom. The van der Waals surface area contributed by atoms with E-state index in [-0.39, 0.29) is 0 Å². The molecule has 0 saturated carbocycles. The van der Waals surface area contributed by atoms with Crippen LogP contribution >= 0.6 is 0 Å². The van der Waals surface area contributed by atoms with Gasteiger partial charge in [0.05, 0.1) is 12.1 Å². The number of fused-ring (bicyclic) bond motifs is 1.